The molecule has 0 saturated carbocycles. The predicted molar refractivity (Wildman–Crippen MR) is 73.6 cm³/mol. The Hall–Kier alpha value is -1.10. The fourth-order valence-corrected chi connectivity index (χ4v) is 2.10. The molecule has 0 aliphatic carbocycles. The number of hydrogen-bond donors (Lipinski definition) is 2. The van der Waals surface area contributed by atoms with Gasteiger partial charge in [0.2, 0.25) is 5.89 Å². The van der Waals surface area contributed by atoms with E-state index in [4.69, 9.17) is 4.42 Å². The van der Waals surface area contributed by atoms with Crippen molar-refractivity contribution in [3.05, 3.63) is 5.89 Å². The number of nitrogens with one attached hydrogen (secondary N) is 2. The summed E-state index contributed by atoms with van der Waals surface area (Å²) in [4.78, 5) is 0. The molecular weight excluding hydrogens is 228 g/mol. The third-order valence-electron chi connectivity index (χ3n) is 3.72. The van der Waals surface area contributed by atoms with Crippen molar-refractivity contribution in [2.75, 3.05) is 11.9 Å². The van der Waals surface area contributed by atoms with E-state index in [1.807, 2.05) is 6.92 Å². The fraction of sp³-hybridized carbons (Fsp3) is 0.846. The van der Waals surface area contributed by atoms with Crippen LogP contribution in [0.2, 0.25) is 0 Å². The second-order valence-corrected chi connectivity index (χ2v) is 4.69. The summed E-state index contributed by atoms with van der Waals surface area (Å²) in [6.45, 7) is 11.5. The van der Waals surface area contributed by atoms with Gasteiger partial charge in [0.05, 0.1) is 6.04 Å². The Bertz CT molecular complexity index is 338. The van der Waals surface area contributed by atoms with E-state index < -0.39 is 0 Å². The van der Waals surface area contributed by atoms with E-state index in [9.17, 15) is 0 Å². The molecule has 0 spiro atoms. The van der Waals surface area contributed by atoms with Gasteiger partial charge in [0.25, 0.3) is 0 Å². The molecule has 0 bridgehead atoms. The van der Waals surface area contributed by atoms with E-state index in [2.05, 4.69) is 48.5 Å². The molecule has 5 heteroatoms. The Balaban J connectivity index is 2.74. The first-order chi connectivity index (χ1) is 8.60. The molecule has 0 fully saturated rings. The average molecular weight is 254 g/mol. The Morgan fingerprint density at radius 1 is 1.11 bits per heavy atom. The molecular formula is C13H26N4O. The molecule has 1 rings (SSSR count). The first-order valence-electron chi connectivity index (χ1n) is 6.95. The van der Waals surface area contributed by atoms with Crippen LogP contribution in [0.1, 0.15) is 65.8 Å². The Labute approximate surface area is 110 Å². The molecule has 0 radical (unpaired) electrons. The van der Waals surface area contributed by atoms with Crippen LogP contribution in [0.3, 0.4) is 0 Å². The van der Waals surface area contributed by atoms with Crippen molar-refractivity contribution in [3.63, 3.8) is 0 Å². The Kier molecular flexibility index (Phi) is 5.59. The van der Waals surface area contributed by atoms with Gasteiger partial charge in [-0.2, -0.15) is 0 Å². The van der Waals surface area contributed by atoms with E-state index in [-0.39, 0.29) is 11.6 Å². The second-order valence-electron chi connectivity index (χ2n) is 4.69. The van der Waals surface area contributed by atoms with Gasteiger partial charge in [-0.1, -0.05) is 32.8 Å². The van der Waals surface area contributed by atoms with Gasteiger partial charge < -0.3 is 15.1 Å². The lowest BCUT2D eigenvalue weighted by Crippen LogP contribution is -2.36. The number of hydrogen-bond acceptors (Lipinski definition) is 5. The lowest BCUT2D eigenvalue weighted by Gasteiger charge is -2.30. The molecule has 0 aliphatic heterocycles. The van der Waals surface area contributed by atoms with Crippen LogP contribution < -0.4 is 10.6 Å². The van der Waals surface area contributed by atoms with Crippen LogP contribution in [0.15, 0.2) is 4.42 Å². The lowest BCUT2D eigenvalue weighted by atomic mass is 9.90. The van der Waals surface area contributed by atoms with E-state index in [1.54, 1.807) is 0 Å². The van der Waals surface area contributed by atoms with Crippen LogP contribution >= 0.6 is 0 Å². The normalized spacial score (nSPS) is 13.6. The molecule has 2 N–H and O–H groups in total. The number of nitrogens with zero attached hydrogens (tertiary/aromatic N) is 2. The summed E-state index contributed by atoms with van der Waals surface area (Å²) >= 11 is 0. The highest BCUT2D eigenvalue weighted by Crippen LogP contribution is 2.25. The van der Waals surface area contributed by atoms with Crippen molar-refractivity contribution in [3.8, 4) is 0 Å². The maximum atomic E-state index is 5.66. The topological polar surface area (TPSA) is 63.0 Å². The van der Waals surface area contributed by atoms with E-state index in [1.165, 1.54) is 0 Å². The highest BCUT2D eigenvalue weighted by atomic mass is 16.4. The molecule has 0 aromatic carbocycles. The van der Waals surface area contributed by atoms with Gasteiger partial charge in [0.15, 0.2) is 0 Å². The maximum absolute atomic E-state index is 5.66. The standard InChI is InChI=1S/C13H26N4O/c1-6-13(7-2,8-3)15-12-17-16-11(18-12)10(5)14-9-4/h10,14H,6-9H2,1-5H3,(H,15,17). The second kappa shape index (κ2) is 6.73. The van der Waals surface area contributed by atoms with E-state index in [0.29, 0.717) is 11.9 Å². The molecule has 0 aliphatic rings. The van der Waals surface area contributed by atoms with Gasteiger partial charge in [-0.15, -0.1) is 5.10 Å². The highest BCUT2D eigenvalue weighted by Gasteiger charge is 2.26. The average Bonchev–Trinajstić information content (AvgIpc) is 2.85. The van der Waals surface area contributed by atoms with Crippen molar-refractivity contribution < 1.29 is 4.42 Å². The van der Waals surface area contributed by atoms with Crippen molar-refractivity contribution in [1.82, 2.24) is 15.5 Å². The predicted octanol–water partition coefficient (Wildman–Crippen LogP) is 3.12. The third-order valence-corrected chi connectivity index (χ3v) is 3.72. The monoisotopic (exact) mass is 254 g/mol. The highest BCUT2D eigenvalue weighted by molar-refractivity contribution is 5.24. The van der Waals surface area contributed by atoms with Crippen LogP contribution in [0.4, 0.5) is 6.01 Å². The van der Waals surface area contributed by atoms with Gasteiger partial charge in [-0.3, -0.25) is 0 Å². The van der Waals surface area contributed by atoms with Crippen LogP contribution in [-0.4, -0.2) is 22.3 Å². The lowest BCUT2D eigenvalue weighted by molar-refractivity contribution is 0.384. The number of anilines is 1. The molecule has 0 amide bonds. The molecule has 5 nitrogen and oxygen atoms in total. The van der Waals surface area contributed by atoms with Crippen LogP contribution in [0.5, 0.6) is 0 Å². The zero-order valence-electron chi connectivity index (χ0n) is 12.2. The molecule has 1 aromatic rings. The Morgan fingerprint density at radius 2 is 1.72 bits per heavy atom. The minimum absolute atomic E-state index is 0.0607. The summed E-state index contributed by atoms with van der Waals surface area (Å²) < 4.78 is 5.66. The van der Waals surface area contributed by atoms with Crippen molar-refractivity contribution in [2.24, 2.45) is 0 Å². The van der Waals surface area contributed by atoms with Crippen LogP contribution in [0, 0.1) is 0 Å². The fourth-order valence-electron chi connectivity index (χ4n) is 2.10. The molecule has 18 heavy (non-hydrogen) atoms. The summed E-state index contributed by atoms with van der Waals surface area (Å²) in [5, 5.41) is 14.8. The number of rotatable bonds is 8. The van der Waals surface area contributed by atoms with Crippen LogP contribution in [-0.2, 0) is 0 Å². The van der Waals surface area contributed by atoms with Crippen molar-refractivity contribution >= 4 is 6.01 Å². The van der Waals surface area contributed by atoms with Gasteiger partial charge in [0.1, 0.15) is 0 Å². The van der Waals surface area contributed by atoms with Gasteiger partial charge in [0, 0.05) is 5.54 Å². The van der Waals surface area contributed by atoms with Crippen molar-refractivity contribution in [2.45, 2.75) is 65.5 Å². The molecule has 1 aromatic heterocycles. The largest absolute Gasteiger partial charge is 0.406 e. The van der Waals surface area contributed by atoms with Crippen molar-refractivity contribution in [1.29, 1.82) is 0 Å². The quantitative estimate of drug-likeness (QED) is 0.746. The summed E-state index contributed by atoms with van der Waals surface area (Å²) in [6.07, 6.45) is 3.13. The zero-order chi connectivity index (χ0) is 13.6. The van der Waals surface area contributed by atoms with Crippen LogP contribution in [0.25, 0.3) is 0 Å². The summed E-state index contributed by atoms with van der Waals surface area (Å²) in [5.41, 5.74) is 0.0607. The molecule has 104 valence electrons. The summed E-state index contributed by atoms with van der Waals surface area (Å²) in [6, 6.07) is 0.623. The maximum Gasteiger partial charge on any atom is 0.315 e. The van der Waals surface area contributed by atoms with Gasteiger partial charge in [-0.25, -0.2) is 0 Å². The molecule has 1 atom stereocenters. The Morgan fingerprint density at radius 3 is 2.22 bits per heavy atom. The first-order valence-corrected chi connectivity index (χ1v) is 6.95. The summed E-state index contributed by atoms with van der Waals surface area (Å²) in [7, 11) is 0. The minimum atomic E-state index is 0.0607. The van der Waals surface area contributed by atoms with Gasteiger partial charge >= 0.3 is 6.01 Å². The summed E-state index contributed by atoms with van der Waals surface area (Å²) in [5.74, 6) is 0.636. The number of aromatic nitrogens is 2. The van der Waals surface area contributed by atoms with E-state index in [0.717, 1.165) is 25.8 Å². The SMILES string of the molecule is CCNC(C)c1nnc(NC(CC)(CC)CC)o1. The minimum Gasteiger partial charge on any atom is -0.406 e. The third kappa shape index (κ3) is 3.45. The smallest absolute Gasteiger partial charge is 0.315 e. The molecule has 1 heterocycles. The molecule has 1 unspecified atom stereocenters. The van der Waals surface area contributed by atoms with Gasteiger partial charge in [-0.05, 0) is 32.7 Å². The molecule has 0 saturated heterocycles. The zero-order valence-corrected chi connectivity index (χ0v) is 12.2. The van der Waals surface area contributed by atoms with E-state index >= 15 is 0 Å². The first kappa shape index (κ1) is 15.0.